The SMILES string of the molecule is N[C@H](Cc1cc(F)c(F)cc1F)C1CC2CCC(C1)N2C(=O)CNC(=O)N1CCOCC1.N[C@H](Cc1cc(F)c(F)cc1F)C1CC2CCC(C1)N2C(=O)CNS(=O)(=O)N1CCOCC1.N[C@H](Cc1cc(F)c(F)cc1F)C1CC2CCC(C1)N2C(=O)CNS(N)(=O)=O. The second kappa shape index (κ2) is 31.0. The number of nitrogens with two attached hydrogens (primary N) is 4. The summed E-state index contributed by atoms with van der Waals surface area (Å²) in [5.74, 6) is -10.2. The third-order valence-electron chi connectivity index (χ3n) is 19.5. The Bertz CT molecular complexity index is 3380. The molecule has 93 heavy (non-hydrogen) atoms. The molecule has 8 aliphatic heterocycles. The molecule has 8 aliphatic rings. The molecule has 516 valence electrons. The van der Waals surface area contributed by atoms with Crippen molar-refractivity contribution >= 4 is 44.2 Å². The number of nitrogens with one attached hydrogen (secondary N) is 3. The molecule has 0 radical (unpaired) electrons. The lowest BCUT2D eigenvalue weighted by atomic mass is 9.82. The van der Waals surface area contributed by atoms with Gasteiger partial charge in [0, 0.05) is 98.8 Å². The maximum Gasteiger partial charge on any atom is 0.317 e. The minimum Gasteiger partial charge on any atom is -0.379 e. The molecule has 3 aromatic carbocycles. The zero-order valence-electron chi connectivity index (χ0n) is 51.1. The molecule has 8 saturated heterocycles. The van der Waals surface area contributed by atoms with Crippen LogP contribution in [0.4, 0.5) is 44.3 Å². The van der Waals surface area contributed by atoms with E-state index in [0.29, 0.717) is 96.2 Å². The average molecular weight is 1370 g/mol. The summed E-state index contributed by atoms with van der Waals surface area (Å²) in [6, 6.07) is 2.24. The monoisotopic (exact) mass is 1360 g/mol. The smallest absolute Gasteiger partial charge is 0.317 e. The van der Waals surface area contributed by atoms with E-state index in [1.807, 2.05) is 9.62 Å². The lowest BCUT2D eigenvalue weighted by Gasteiger charge is -2.41. The van der Waals surface area contributed by atoms with Gasteiger partial charge in [0.25, 0.3) is 20.4 Å². The first-order valence-electron chi connectivity index (χ1n) is 31.3. The van der Waals surface area contributed by atoms with Crippen LogP contribution in [0.25, 0.3) is 0 Å². The number of amides is 5. The maximum atomic E-state index is 14.0. The second-order valence-corrected chi connectivity index (χ2v) is 28.5. The van der Waals surface area contributed by atoms with Gasteiger partial charge in [0.2, 0.25) is 17.7 Å². The Kier molecular flexibility index (Phi) is 23.8. The first-order chi connectivity index (χ1) is 44.0. The van der Waals surface area contributed by atoms with E-state index in [1.54, 1.807) is 14.7 Å². The summed E-state index contributed by atoms with van der Waals surface area (Å²) in [5, 5.41) is 7.57. The van der Waals surface area contributed by atoms with Crippen LogP contribution in [0.15, 0.2) is 36.4 Å². The summed E-state index contributed by atoms with van der Waals surface area (Å²) in [7, 11) is -7.71. The largest absolute Gasteiger partial charge is 0.379 e. The van der Waals surface area contributed by atoms with E-state index in [1.165, 1.54) is 4.31 Å². The van der Waals surface area contributed by atoms with Crippen molar-refractivity contribution in [2.75, 3.05) is 72.2 Å². The number of hydrogen-bond donors (Lipinski definition) is 7. The Morgan fingerprint density at radius 3 is 1.05 bits per heavy atom. The quantitative estimate of drug-likeness (QED) is 0.0712. The molecule has 8 fully saturated rings. The number of morpholine rings is 2. The van der Waals surface area contributed by atoms with Crippen molar-refractivity contribution in [2.24, 2.45) is 40.1 Å². The third kappa shape index (κ3) is 18.0. The number of nitrogens with zero attached hydrogens (tertiary/aromatic N) is 5. The van der Waals surface area contributed by atoms with E-state index in [9.17, 15) is 75.5 Å². The van der Waals surface area contributed by atoms with Crippen molar-refractivity contribution in [1.82, 2.24) is 38.7 Å². The van der Waals surface area contributed by atoms with Crippen molar-refractivity contribution in [1.29, 1.82) is 0 Å². The Morgan fingerprint density at radius 2 is 0.731 bits per heavy atom. The van der Waals surface area contributed by atoms with E-state index in [4.69, 9.17) is 31.8 Å². The first-order valence-corrected chi connectivity index (χ1v) is 34.3. The Balaban J connectivity index is 0.000000165. The van der Waals surface area contributed by atoms with Crippen molar-refractivity contribution < 1.29 is 85.0 Å². The van der Waals surface area contributed by atoms with Crippen LogP contribution in [0.2, 0.25) is 0 Å². The van der Waals surface area contributed by atoms with E-state index >= 15 is 0 Å². The minimum absolute atomic E-state index is 0.0101. The van der Waals surface area contributed by atoms with Gasteiger partial charge in [-0.2, -0.15) is 30.6 Å². The van der Waals surface area contributed by atoms with E-state index < -0.39 is 97.4 Å². The molecule has 6 bridgehead atoms. The van der Waals surface area contributed by atoms with Gasteiger partial charge in [0.15, 0.2) is 34.9 Å². The van der Waals surface area contributed by atoms with Crippen LogP contribution in [0.3, 0.4) is 0 Å². The summed E-state index contributed by atoms with van der Waals surface area (Å²) < 4.78 is 185. The van der Waals surface area contributed by atoms with Gasteiger partial charge in [-0.1, -0.05) is 0 Å². The Labute approximate surface area is 534 Å². The highest BCUT2D eigenvalue weighted by Crippen LogP contribution is 2.43. The second-order valence-electron chi connectivity index (χ2n) is 25.4. The number of hydrogen-bond acceptors (Lipinski definition) is 13. The molecule has 5 amide bonds. The van der Waals surface area contributed by atoms with Crippen LogP contribution in [-0.4, -0.2) is 191 Å². The summed E-state index contributed by atoms with van der Waals surface area (Å²) in [6.07, 6.45) is 8.80. The number of fused-ring (bicyclic) bond motifs is 6. The molecule has 8 heterocycles. The number of ether oxygens (including phenoxy) is 2. The predicted octanol–water partition coefficient (Wildman–Crippen LogP) is 3.23. The number of rotatable bonds is 18. The number of carbonyl (C=O) groups is 4. The van der Waals surface area contributed by atoms with Crippen LogP contribution in [0.1, 0.15) is 93.7 Å². The zero-order valence-corrected chi connectivity index (χ0v) is 52.8. The molecule has 11 N–H and O–H groups in total. The fourth-order valence-corrected chi connectivity index (χ4v) is 16.3. The number of urea groups is 1. The number of carbonyl (C=O) groups excluding carboxylic acids is 4. The fraction of sp³-hybridized carbons (Fsp3) is 0.633. The Hall–Kier alpha value is -5.75. The molecule has 0 aliphatic carbocycles. The summed E-state index contributed by atoms with van der Waals surface area (Å²) in [5.41, 5.74) is 19.0. The van der Waals surface area contributed by atoms with Gasteiger partial charge in [-0.3, -0.25) is 14.4 Å². The molecule has 6 unspecified atom stereocenters. The van der Waals surface area contributed by atoms with Crippen LogP contribution in [0, 0.1) is 70.1 Å². The first kappa shape index (κ1) is 71.5. The number of halogens is 9. The van der Waals surface area contributed by atoms with Crippen LogP contribution < -0.4 is 37.1 Å². The highest BCUT2D eigenvalue weighted by atomic mass is 32.2. The van der Waals surface area contributed by atoms with Crippen molar-refractivity contribution in [3.05, 3.63) is 105 Å². The van der Waals surface area contributed by atoms with Crippen molar-refractivity contribution in [3.8, 4) is 0 Å². The van der Waals surface area contributed by atoms with Gasteiger partial charge >= 0.3 is 6.03 Å². The molecule has 22 nitrogen and oxygen atoms in total. The van der Waals surface area contributed by atoms with Crippen LogP contribution in [-0.2, 0) is 63.5 Å². The fourth-order valence-electron chi connectivity index (χ4n) is 14.8. The van der Waals surface area contributed by atoms with Gasteiger partial charge in [-0.25, -0.2) is 49.4 Å². The molecule has 9 atom stereocenters. The molecule has 0 aromatic heterocycles. The summed E-state index contributed by atoms with van der Waals surface area (Å²) >= 11 is 0. The standard InChI is InChI=1S/C22H29F3N4O3.C21H29F3N4O4S.C17H23F3N4O3S/c23-17-11-19(25)18(24)9-13(17)10-20(26)14-7-15-1-2-16(8-14)29(15)21(30)12-27-22(31)28-3-5-32-6-4-28;22-17-11-19(24)18(23)9-13(17)10-20(25)14-7-15-1-2-16(8-14)28(15)21(29)12-26-33(30,31)27-3-5-32-6-4-27;18-13-7-15(20)14(19)5-9(13)6-16(21)10-3-11-1-2-12(4-10)24(11)17(25)8-23-28(22,26)27/h9,11,14-16,20H,1-8,10,12,26H2,(H,27,31);9,11,14-16,20,26H,1-8,10,12,25H2;5,7,10-12,16,23H,1-4,6,8,21H2,(H2,22,26,27)/t2*14?,15?,16?,20-;10?,11?,12?,16-/m111/s1. The van der Waals surface area contributed by atoms with Gasteiger partial charge in [0.1, 0.15) is 17.5 Å². The normalized spacial score (nSPS) is 26.4. The topological polar surface area (TPSA) is 311 Å². The summed E-state index contributed by atoms with van der Waals surface area (Å²) in [4.78, 5) is 57.2. The zero-order chi connectivity index (χ0) is 67.2. The summed E-state index contributed by atoms with van der Waals surface area (Å²) in [6.45, 7) is 2.36. The molecular formula is C60H81F9N12O10S2. The molecule has 33 heteroatoms. The molecule has 11 rings (SSSR count). The lowest BCUT2D eigenvalue weighted by molar-refractivity contribution is -0.136. The molecular weight excluding hydrogens is 1280 g/mol. The molecule has 3 aromatic rings. The third-order valence-corrected chi connectivity index (χ3v) is 21.6. The minimum atomic E-state index is -3.95. The molecule has 0 saturated carbocycles. The average Bonchev–Trinajstić information content (AvgIpc) is 1.69. The van der Waals surface area contributed by atoms with Crippen LogP contribution in [0.5, 0.6) is 0 Å². The number of benzene rings is 3. The van der Waals surface area contributed by atoms with Gasteiger partial charge in [-0.05, 0) is 149 Å². The van der Waals surface area contributed by atoms with E-state index in [-0.39, 0.29) is 140 Å². The highest BCUT2D eigenvalue weighted by molar-refractivity contribution is 7.87. The Morgan fingerprint density at radius 1 is 0.441 bits per heavy atom. The van der Waals surface area contributed by atoms with Crippen LogP contribution >= 0.6 is 0 Å². The van der Waals surface area contributed by atoms with Crippen molar-refractivity contribution in [3.63, 3.8) is 0 Å². The van der Waals surface area contributed by atoms with E-state index in [0.717, 1.165) is 56.7 Å². The lowest BCUT2D eigenvalue weighted by Crippen LogP contribution is -2.54. The maximum absolute atomic E-state index is 14.0. The van der Waals surface area contributed by atoms with Crippen molar-refractivity contribution in [2.45, 2.75) is 151 Å². The van der Waals surface area contributed by atoms with Gasteiger partial charge in [-0.15, -0.1) is 0 Å². The predicted molar refractivity (Wildman–Crippen MR) is 319 cm³/mol. The van der Waals surface area contributed by atoms with E-state index in [2.05, 4.69) is 10.0 Å². The van der Waals surface area contributed by atoms with Gasteiger partial charge in [0.05, 0.1) is 46.1 Å². The number of piperidine rings is 3. The molecule has 0 spiro atoms. The highest BCUT2D eigenvalue weighted by Gasteiger charge is 2.48. The van der Waals surface area contributed by atoms with Gasteiger partial charge < -0.3 is 51.6 Å².